The van der Waals surface area contributed by atoms with E-state index in [1.165, 1.54) is 11.0 Å². The Morgan fingerprint density at radius 1 is 1.00 bits per heavy atom. The summed E-state index contributed by atoms with van der Waals surface area (Å²) in [6.45, 7) is 0.430. The van der Waals surface area contributed by atoms with Crippen LogP contribution in [0.1, 0.15) is 21.5 Å². The van der Waals surface area contributed by atoms with Gasteiger partial charge in [0, 0.05) is 32.3 Å². The molecule has 0 radical (unpaired) electrons. The summed E-state index contributed by atoms with van der Waals surface area (Å²) in [5, 5.41) is 12.4. The van der Waals surface area contributed by atoms with Crippen LogP contribution < -0.4 is 26.3 Å². The van der Waals surface area contributed by atoms with Crippen molar-refractivity contribution in [1.82, 2.24) is 14.9 Å². The van der Waals surface area contributed by atoms with E-state index < -0.39 is 0 Å². The van der Waals surface area contributed by atoms with E-state index in [1.807, 2.05) is 36.4 Å². The molecule has 0 aliphatic carbocycles. The van der Waals surface area contributed by atoms with Crippen molar-refractivity contribution < 1.29 is 14.3 Å². The molecule has 0 aliphatic rings. The molecule has 4 aromatic rings. The van der Waals surface area contributed by atoms with Crippen LogP contribution in [-0.2, 0) is 6.54 Å². The minimum absolute atomic E-state index is 0.0185. The molecule has 0 saturated carbocycles. The van der Waals surface area contributed by atoms with Gasteiger partial charge in [0.1, 0.15) is 11.4 Å². The summed E-state index contributed by atoms with van der Waals surface area (Å²) in [6, 6.07) is 22.9. The highest BCUT2D eigenvalue weighted by Crippen LogP contribution is 2.35. The summed E-state index contributed by atoms with van der Waals surface area (Å²) in [4.78, 5) is 22.6. The molecule has 0 bridgehead atoms. The van der Waals surface area contributed by atoms with Gasteiger partial charge in [0.2, 0.25) is 0 Å². The van der Waals surface area contributed by atoms with Crippen molar-refractivity contribution in [2.24, 2.45) is 0 Å². The van der Waals surface area contributed by atoms with Gasteiger partial charge in [-0.3, -0.25) is 4.79 Å². The number of amides is 1. The van der Waals surface area contributed by atoms with Crippen molar-refractivity contribution in [2.75, 3.05) is 30.9 Å². The quantitative estimate of drug-likeness (QED) is 0.302. The first kappa shape index (κ1) is 24.8. The van der Waals surface area contributed by atoms with Gasteiger partial charge in [-0.1, -0.05) is 36.4 Å². The number of nitrogens with zero attached hydrogens (tertiary/aromatic N) is 4. The number of anilines is 3. The molecule has 0 aliphatic heterocycles. The lowest BCUT2D eigenvalue weighted by Crippen LogP contribution is -2.21. The van der Waals surface area contributed by atoms with E-state index in [0.717, 1.165) is 5.56 Å². The number of nitriles is 1. The van der Waals surface area contributed by atoms with Crippen molar-refractivity contribution in [3.63, 3.8) is 0 Å². The summed E-state index contributed by atoms with van der Waals surface area (Å²) in [7, 11) is 3.33. The van der Waals surface area contributed by atoms with Crippen molar-refractivity contribution in [3.05, 3.63) is 89.5 Å². The maximum Gasteiger partial charge on any atom is 0.327 e. The summed E-state index contributed by atoms with van der Waals surface area (Å²) in [5.74, 6) is 0.680. The second-order valence-electron chi connectivity index (χ2n) is 8.21. The van der Waals surface area contributed by atoms with Gasteiger partial charge in [-0.2, -0.15) is 15.2 Å². The van der Waals surface area contributed by atoms with Gasteiger partial charge < -0.3 is 31.2 Å². The van der Waals surface area contributed by atoms with E-state index in [2.05, 4.69) is 15.3 Å². The van der Waals surface area contributed by atoms with Crippen LogP contribution in [0.25, 0.3) is 0 Å². The first-order chi connectivity index (χ1) is 17.8. The fourth-order valence-electron chi connectivity index (χ4n) is 3.32. The third-order valence-corrected chi connectivity index (χ3v) is 5.24. The Balaban J connectivity index is 1.70. The number of nitrogens with one attached hydrogen (secondary N) is 1. The molecule has 10 heteroatoms. The highest BCUT2D eigenvalue weighted by atomic mass is 16.5. The minimum atomic E-state index is -0.178. The normalized spacial score (nSPS) is 10.3. The van der Waals surface area contributed by atoms with Gasteiger partial charge in [-0.15, -0.1) is 0 Å². The van der Waals surface area contributed by atoms with E-state index in [0.29, 0.717) is 29.1 Å². The number of ether oxygens (including phenoxy) is 2. The van der Waals surface area contributed by atoms with Gasteiger partial charge >= 0.3 is 6.01 Å². The SMILES string of the molecule is CN(C)C(=O)c1cccc(Oc2nc(Oc3cc(C#N)ccc3N)nc(NCc3ccccc3)c2N)c1. The van der Waals surface area contributed by atoms with E-state index >= 15 is 0 Å². The number of nitrogen functional groups attached to an aromatic ring is 2. The second-order valence-corrected chi connectivity index (χ2v) is 8.21. The summed E-state index contributed by atoms with van der Waals surface area (Å²) >= 11 is 0. The van der Waals surface area contributed by atoms with Crippen molar-refractivity contribution in [3.8, 4) is 29.5 Å². The third kappa shape index (κ3) is 6.04. The van der Waals surface area contributed by atoms with E-state index in [4.69, 9.17) is 20.9 Å². The Hall–Kier alpha value is -5.30. The van der Waals surface area contributed by atoms with Gasteiger partial charge in [0.05, 0.1) is 17.3 Å². The van der Waals surface area contributed by atoms with Crippen LogP contribution in [0, 0.1) is 11.3 Å². The van der Waals surface area contributed by atoms with E-state index in [9.17, 15) is 10.1 Å². The monoisotopic (exact) mass is 495 g/mol. The average Bonchev–Trinajstić information content (AvgIpc) is 2.91. The predicted octanol–water partition coefficient (Wildman–Crippen LogP) is 4.41. The summed E-state index contributed by atoms with van der Waals surface area (Å²) in [5.41, 5.74) is 14.7. The van der Waals surface area contributed by atoms with Crippen molar-refractivity contribution in [1.29, 1.82) is 5.26 Å². The number of carbonyl (C=O) groups excluding carboxylic acids is 1. The van der Waals surface area contributed by atoms with Crippen LogP contribution in [0.5, 0.6) is 23.4 Å². The average molecular weight is 496 g/mol. The minimum Gasteiger partial charge on any atom is -0.437 e. The molecular formula is C27H25N7O3. The van der Waals surface area contributed by atoms with Gasteiger partial charge in [-0.05, 0) is 35.9 Å². The Bertz CT molecular complexity index is 1470. The Morgan fingerprint density at radius 3 is 2.51 bits per heavy atom. The maximum absolute atomic E-state index is 12.4. The summed E-state index contributed by atoms with van der Waals surface area (Å²) in [6.07, 6.45) is 0. The molecule has 1 amide bonds. The smallest absolute Gasteiger partial charge is 0.327 e. The molecule has 3 aromatic carbocycles. The topological polar surface area (TPSA) is 152 Å². The molecule has 1 heterocycles. The van der Waals surface area contributed by atoms with Crippen LogP contribution in [-0.4, -0.2) is 34.9 Å². The molecular weight excluding hydrogens is 470 g/mol. The highest BCUT2D eigenvalue weighted by Gasteiger charge is 2.18. The second kappa shape index (κ2) is 11.0. The maximum atomic E-state index is 12.4. The molecule has 0 saturated heterocycles. The van der Waals surface area contributed by atoms with Crippen molar-refractivity contribution in [2.45, 2.75) is 6.54 Å². The largest absolute Gasteiger partial charge is 0.437 e. The number of hydrogen-bond donors (Lipinski definition) is 3. The number of rotatable bonds is 8. The van der Waals surface area contributed by atoms with Crippen LogP contribution in [0.2, 0.25) is 0 Å². The highest BCUT2D eigenvalue weighted by molar-refractivity contribution is 5.94. The van der Waals surface area contributed by atoms with Crippen LogP contribution in [0.15, 0.2) is 72.8 Å². The number of hydrogen-bond acceptors (Lipinski definition) is 9. The molecule has 0 unspecified atom stereocenters. The first-order valence-electron chi connectivity index (χ1n) is 11.3. The van der Waals surface area contributed by atoms with E-state index in [-0.39, 0.29) is 35.1 Å². The molecule has 5 N–H and O–H groups in total. The van der Waals surface area contributed by atoms with E-state index in [1.54, 1.807) is 50.5 Å². The van der Waals surface area contributed by atoms with Crippen LogP contribution in [0.3, 0.4) is 0 Å². The lowest BCUT2D eigenvalue weighted by atomic mass is 10.2. The number of aromatic nitrogens is 2. The standard InChI is InChI=1S/C27H25N7O3/c1-34(2)26(35)19-9-6-10-20(14-19)36-25-23(30)24(31-16-17-7-4-3-5-8-17)32-27(33-25)37-22-13-18(15-28)11-12-21(22)29/h3-14H,16,29-30H2,1-2H3,(H,31,32,33). The predicted molar refractivity (Wildman–Crippen MR) is 140 cm³/mol. The lowest BCUT2D eigenvalue weighted by molar-refractivity contribution is 0.0827. The van der Waals surface area contributed by atoms with Gasteiger partial charge in [0.25, 0.3) is 11.8 Å². The fraction of sp³-hybridized carbons (Fsp3) is 0.111. The molecule has 186 valence electrons. The lowest BCUT2D eigenvalue weighted by Gasteiger charge is -2.15. The summed E-state index contributed by atoms with van der Waals surface area (Å²) < 4.78 is 11.8. The molecule has 0 fully saturated rings. The molecule has 0 atom stereocenters. The Labute approximate surface area is 214 Å². The molecule has 0 spiro atoms. The zero-order valence-corrected chi connectivity index (χ0v) is 20.3. The Morgan fingerprint density at radius 2 is 1.78 bits per heavy atom. The first-order valence-corrected chi connectivity index (χ1v) is 11.3. The number of carbonyl (C=O) groups is 1. The zero-order chi connectivity index (χ0) is 26.4. The van der Waals surface area contributed by atoms with Gasteiger partial charge in [-0.25, -0.2) is 0 Å². The Kier molecular flexibility index (Phi) is 7.35. The molecule has 1 aromatic heterocycles. The number of nitrogens with two attached hydrogens (primary N) is 2. The fourth-order valence-corrected chi connectivity index (χ4v) is 3.32. The van der Waals surface area contributed by atoms with Crippen LogP contribution >= 0.6 is 0 Å². The molecule has 4 rings (SSSR count). The zero-order valence-electron chi connectivity index (χ0n) is 20.3. The van der Waals surface area contributed by atoms with Crippen LogP contribution in [0.4, 0.5) is 17.2 Å². The molecule has 37 heavy (non-hydrogen) atoms. The number of benzene rings is 3. The third-order valence-electron chi connectivity index (χ3n) is 5.24. The molecule has 10 nitrogen and oxygen atoms in total. The van der Waals surface area contributed by atoms with Crippen molar-refractivity contribution >= 4 is 23.1 Å². The van der Waals surface area contributed by atoms with Gasteiger partial charge in [0.15, 0.2) is 11.6 Å².